The van der Waals surface area contributed by atoms with Gasteiger partial charge in [0.2, 0.25) is 0 Å². The fourth-order valence-corrected chi connectivity index (χ4v) is 2.23. The molecular formula is C14H18FNO3. The van der Waals surface area contributed by atoms with Gasteiger partial charge < -0.3 is 15.2 Å². The molecule has 104 valence electrons. The lowest BCUT2D eigenvalue weighted by atomic mass is 10.0. The second-order valence-electron chi connectivity index (χ2n) is 4.83. The number of carbonyl (C=O) groups is 1. The standard InChI is InChI=1S/C14H18FNO3/c15-13-6-10(3-4-12(13)14(17)18)7-16-8-11-2-1-5-19-9-11/h3-4,6,11,16H,1-2,5,7-9H2,(H,17,18). The molecule has 0 aromatic heterocycles. The summed E-state index contributed by atoms with van der Waals surface area (Å²) in [6.45, 7) is 2.99. The molecule has 4 nitrogen and oxygen atoms in total. The van der Waals surface area contributed by atoms with Gasteiger partial charge in [0.1, 0.15) is 5.82 Å². The van der Waals surface area contributed by atoms with Crippen molar-refractivity contribution < 1.29 is 19.0 Å². The van der Waals surface area contributed by atoms with Gasteiger partial charge in [0.25, 0.3) is 0 Å². The van der Waals surface area contributed by atoms with Crippen molar-refractivity contribution in [3.8, 4) is 0 Å². The molecule has 1 unspecified atom stereocenters. The van der Waals surface area contributed by atoms with Gasteiger partial charge in [-0.3, -0.25) is 0 Å². The van der Waals surface area contributed by atoms with E-state index in [9.17, 15) is 9.18 Å². The fourth-order valence-electron chi connectivity index (χ4n) is 2.23. The number of aromatic carboxylic acids is 1. The van der Waals surface area contributed by atoms with E-state index in [-0.39, 0.29) is 5.56 Å². The van der Waals surface area contributed by atoms with Gasteiger partial charge in [-0.05, 0) is 36.5 Å². The normalized spacial score (nSPS) is 19.3. The molecule has 5 heteroatoms. The van der Waals surface area contributed by atoms with Gasteiger partial charge >= 0.3 is 5.97 Å². The lowest BCUT2D eigenvalue weighted by Crippen LogP contribution is -2.28. The maximum Gasteiger partial charge on any atom is 0.338 e. The van der Waals surface area contributed by atoms with E-state index >= 15 is 0 Å². The monoisotopic (exact) mass is 267 g/mol. The molecule has 1 aromatic rings. The Bertz CT molecular complexity index is 444. The minimum atomic E-state index is -1.24. The topological polar surface area (TPSA) is 58.6 Å². The van der Waals surface area contributed by atoms with Gasteiger partial charge in [0, 0.05) is 19.7 Å². The predicted octanol–water partition coefficient (Wildman–Crippen LogP) is 2.04. The summed E-state index contributed by atoms with van der Waals surface area (Å²) in [7, 11) is 0. The average molecular weight is 267 g/mol. The van der Waals surface area contributed by atoms with Crippen molar-refractivity contribution in [2.24, 2.45) is 5.92 Å². The lowest BCUT2D eigenvalue weighted by molar-refractivity contribution is 0.0547. The number of carboxylic acids is 1. The van der Waals surface area contributed by atoms with E-state index < -0.39 is 11.8 Å². The first-order chi connectivity index (χ1) is 9.16. The molecule has 1 aliphatic heterocycles. The Labute approximate surface area is 111 Å². The fraction of sp³-hybridized carbons (Fsp3) is 0.500. The summed E-state index contributed by atoms with van der Waals surface area (Å²) in [6.07, 6.45) is 2.24. The quantitative estimate of drug-likeness (QED) is 0.857. The van der Waals surface area contributed by atoms with E-state index in [4.69, 9.17) is 9.84 Å². The highest BCUT2D eigenvalue weighted by Crippen LogP contribution is 2.13. The van der Waals surface area contributed by atoms with E-state index in [1.807, 2.05) is 0 Å². The first-order valence-electron chi connectivity index (χ1n) is 6.47. The van der Waals surface area contributed by atoms with Crippen molar-refractivity contribution in [2.45, 2.75) is 19.4 Å². The number of carboxylic acid groups (broad SMARTS) is 1. The summed E-state index contributed by atoms with van der Waals surface area (Å²) >= 11 is 0. The third kappa shape index (κ3) is 4.01. The van der Waals surface area contributed by atoms with Crippen molar-refractivity contribution in [3.05, 3.63) is 35.1 Å². The Morgan fingerprint density at radius 1 is 1.53 bits per heavy atom. The molecule has 2 rings (SSSR count). The third-order valence-electron chi connectivity index (χ3n) is 3.28. The zero-order valence-corrected chi connectivity index (χ0v) is 10.7. The van der Waals surface area contributed by atoms with Crippen LogP contribution in [0.15, 0.2) is 18.2 Å². The molecule has 0 amide bonds. The Morgan fingerprint density at radius 2 is 2.37 bits per heavy atom. The highest BCUT2D eigenvalue weighted by Gasteiger charge is 2.14. The van der Waals surface area contributed by atoms with Gasteiger partial charge in [0.05, 0.1) is 12.2 Å². The van der Waals surface area contributed by atoms with Gasteiger partial charge in [-0.25, -0.2) is 9.18 Å². The molecule has 1 aliphatic rings. The van der Waals surface area contributed by atoms with E-state index in [2.05, 4.69) is 5.32 Å². The van der Waals surface area contributed by atoms with Crippen LogP contribution in [0.25, 0.3) is 0 Å². The van der Waals surface area contributed by atoms with Crippen LogP contribution in [0.2, 0.25) is 0 Å². The number of rotatable bonds is 5. The molecule has 2 N–H and O–H groups in total. The van der Waals surface area contributed by atoms with E-state index in [1.165, 1.54) is 12.1 Å². The van der Waals surface area contributed by atoms with Crippen molar-refractivity contribution in [1.82, 2.24) is 5.32 Å². The highest BCUT2D eigenvalue weighted by atomic mass is 19.1. The molecule has 0 bridgehead atoms. The maximum absolute atomic E-state index is 13.5. The molecule has 1 fully saturated rings. The molecular weight excluding hydrogens is 249 g/mol. The predicted molar refractivity (Wildman–Crippen MR) is 68.6 cm³/mol. The first-order valence-corrected chi connectivity index (χ1v) is 6.47. The van der Waals surface area contributed by atoms with E-state index in [0.717, 1.165) is 38.2 Å². The van der Waals surface area contributed by atoms with E-state index in [1.54, 1.807) is 6.07 Å². The number of hydrogen-bond acceptors (Lipinski definition) is 3. The van der Waals surface area contributed by atoms with Crippen LogP contribution in [-0.4, -0.2) is 30.8 Å². The van der Waals surface area contributed by atoms with Gasteiger partial charge in [-0.1, -0.05) is 6.07 Å². The summed E-state index contributed by atoms with van der Waals surface area (Å²) in [6, 6.07) is 4.21. The molecule has 1 aromatic carbocycles. The lowest BCUT2D eigenvalue weighted by Gasteiger charge is -2.22. The molecule has 1 saturated heterocycles. The minimum Gasteiger partial charge on any atom is -0.478 e. The Hall–Kier alpha value is -1.46. The second kappa shape index (κ2) is 6.63. The maximum atomic E-state index is 13.5. The van der Waals surface area contributed by atoms with Crippen molar-refractivity contribution >= 4 is 5.97 Å². The number of hydrogen-bond donors (Lipinski definition) is 2. The van der Waals surface area contributed by atoms with Crippen LogP contribution < -0.4 is 5.32 Å². The molecule has 0 radical (unpaired) electrons. The van der Waals surface area contributed by atoms with Crippen molar-refractivity contribution in [1.29, 1.82) is 0 Å². The van der Waals surface area contributed by atoms with Gasteiger partial charge in [-0.2, -0.15) is 0 Å². The molecule has 0 aliphatic carbocycles. The van der Waals surface area contributed by atoms with Crippen LogP contribution in [0.4, 0.5) is 4.39 Å². The molecule has 0 spiro atoms. The van der Waals surface area contributed by atoms with Crippen LogP contribution in [0, 0.1) is 11.7 Å². The Kier molecular flexibility index (Phi) is 4.87. The summed E-state index contributed by atoms with van der Waals surface area (Å²) in [5, 5.41) is 12.0. The van der Waals surface area contributed by atoms with Crippen LogP contribution in [0.1, 0.15) is 28.8 Å². The number of nitrogens with one attached hydrogen (secondary N) is 1. The third-order valence-corrected chi connectivity index (χ3v) is 3.28. The Balaban J connectivity index is 1.82. The minimum absolute atomic E-state index is 0.288. The zero-order chi connectivity index (χ0) is 13.7. The zero-order valence-electron chi connectivity index (χ0n) is 10.7. The summed E-state index contributed by atoms with van der Waals surface area (Å²) < 4.78 is 18.8. The SMILES string of the molecule is O=C(O)c1ccc(CNCC2CCCOC2)cc1F. The molecule has 0 saturated carbocycles. The summed E-state index contributed by atoms with van der Waals surface area (Å²) in [5.41, 5.74) is 0.462. The first kappa shape index (κ1) is 14.0. The summed E-state index contributed by atoms with van der Waals surface area (Å²) in [5.74, 6) is -1.42. The number of benzene rings is 1. The van der Waals surface area contributed by atoms with Crippen LogP contribution in [0.3, 0.4) is 0 Å². The van der Waals surface area contributed by atoms with Crippen LogP contribution >= 0.6 is 0 Å². The molecule has 1 atom stereocenters. The highest BCUT2D eigenvalue weighted by molar-refractivity contribution is 5.87. The number of ether oxygens (including phenoxy) is 1. The van der Waals surface area contributed by atoms with E-state index in [0.29, 0.717) is 12.5 Å². The van der Waals surface area contributed by atoms with Crippen LogP contribution in [0.5, 0.6) is 0 Å². The van der Waals surface area contributed by atoms with Crippen molar-refractivity contribution in [3.63, 3.8) is 0 Å². The van der Waals surface area contributed by atoms with Gasteiger partial charge in [0.15, 0.2) is 0 Å². The number of halogens is 1. The summed E-state index contributed by atoms with van der Waals surface area (Å²) in [4.78, 5) is 10.7. The molecule has 19 heavy (non-hydrogen) atoms. The Morgan fingerprint density at radius 3 is 3.00 bits per heavy atom. The largest absolute Gasteiger partial charge is 0.478 e. The van der Waals surface area contributed by atoms with Crippen molar-refractivity contribution in [2.75, 3.05) is 19.8 Å². The smallest absolute Gasteiger partial charge is 0.338 e. The van der Waals surface area contributed by atoms with Crippen LogP contribution in [-0.2, 0) is 11.3 Å². The average Bonchev–Trinajstić information content (AvgIpc) is 2.39. The second-order valence-corrected chi connectivity index (χ2v) is 4.83. The van der Waals surface area contributed by atoms with Gasteiger partial charge in [-0.15, -0.1) is 0 Å². The molecule has 1 heterocycles.